The minimum Gasteiger partial charge on any atom is -0.464 e. The number of furan rings is 1. The van der Waals surface area contributed by atoms with Crippen LogP contribution in [0.25, 0.3) is 11.0 Å². The lowest BCUT2D eigenvalue weighted by Gasteiger charge is -2.17. The quantitative estimate of drug-likeness (QED) is 0.835. The zero-order chi connectivity index (χ0) is 16.8. The van der Waals surface area contributed by atoms with Gasteiger partial charge in [-0.25, -0.2) is 0 Å². The fourth-order valence-corrected chi connectivity index (χ4v) is 3.94. The molecule has 3 nitrogen and oxygen atoms in total. The third-order valence-electron chi connectivity index (χ3n) is 5.60. The minimum absolute atomic E-state index is 0.146. The highest BCUT2D eigenvalue weighted by Crippen LogP contribution is 2.44. The van der Waals surface area contributed by atoms with E-state index in [1.54, 1.807) is 6.26 Å². The molecule has 1 aromatic heterocycles. The summed E-state index contributed by atoms with van der Waals surface area (Å²) in [6.45, 7) is 6.53. The van der Waals surface area contributed by atoms with Crippen molar-refractivity contribution in [1.82, 2.24) is 5.32 Å². The Morgan fingerprint density at radius 1 is 1.21 bits per heavy atom. The molecule has 0 atom stereocenters. The molecule has 2 aliphatic rings. The number of fused-ring (bicyclic) bond motifs is 1. The predicted molar refractivity (Wildman–Crippen MR) is 96.1 cm³/mol. The van der Waals surface area contributed by atoms with Crippen molar-refractivity contribution in [3.8, 4) is 0 Å². The van der Waals surface area contributed by atoms with Crippen molar-refractivity contribution in [2.75, 3.05) is 0 Å². The van der Waals surface area contributed by atoms with Crippen molar-refractivity contribution in [3.63, 3.8) is 0 Å². The molecule has 1 N–H and O–H groups in total. The van der Waals surface area contributed by atoms with Gasteiger partial charge in [0, 0.05) is 17.0 Å². The Morgan fingerprint density at radius 2 is 1.88 bits per heavy atom. The van der Waals surface area contributed by atoms with Crippen molar-refractivity contribution >= 4 is 16.9 Å². The standard InChI is InChI=1S/C21H27NO2/c1-12(2)17-10-18-16(11-24-19(18)8-13(17)3)9-20(23)22-21(14-4-5-14)15-6-7-15/h8,10-12,14-15,21H,4-7,9H2,1-3H3,(H,22,23). The van der Waals surface area contributed by atoms with Gasteiger partial charge in [0.1, 0.15) is 5.58 Å². The number of hydrogen-bond acceptors (Lipinski definition) is 2. The smallest absolute Gasteiger partial charge is 0.224 e. The molecule has 4 rings (SSSR count). The van der Waals surface area contributed by atoms with Crippen LogP contribution in [0.2, 0.25) is 0 Å². The Labute approximate surface area is 143 Å². The molecule has 3 heteroatoms. The Bertz CT molecular complexity index is 753. The van der Waals surface area contributed by atoms with Crippen LogP contribution in [0.4, 0.5) is 0 Å². The fourth-order valence-electron chi connectivity index (χ4n) is 3.94. The van der Waals surface area contributed by atoms with E-state index in [2.05, 4.69) is 38.2 Å². The first-order valence-corrected chi connectivity index (χ1v) is 9.33. The van der Waals surface area contributed by atoms with Gasteiger partial charge >= 0.3 is 0 Å². The Kier molecular flexibility index (Phi) is 3.90. The number of nitrogens with one attached hydrogen (secondary N) is 1. The van der Waals surface area contributed by atoms with E-state index in [4.69, 9.17) is 4.42 Å². The van der Waals surface area contributed by atoms with Crippen LogP contribution < -0.4 is 5.32 Å². The van der Waals surface area contributed by atoms with E-state index in [1.165, 1.54) is 36.8 Å². The first-order valence-electron chi connectivity index (χ1n) is 9.33. The third kappa shape index (κ3) is 3.09. The molecule has 0 aliphatic heterocycles. The summed E-state index contributed by atoms with van der Waals surface area (Å²) in [6.07, 6.45) is 7.32. The first-order chi connectivity index (χ1) is 11.5. The van der Waals surface area contributed by atoms with Crippen LogP contribution in [0.15, 0.2) is 22.8 Å². The van der Waals surface area contributed by atoms with Crippen molar-refractivity contribution in [2.24, 2.45) is 11.8 Å². The molecule has 0 radical (unpaired) electrons. The number of benzene rings is 1. The van der Waals surface area contributed by atoms with E-state index < -0.39 is 0 Å². The molecule has 2 saturated carbocycles. The second-order valence-electron chi connectivity index (χ2n) is 8.07. The lowest BCUT2D eigenvalue weighted by molar-refractivity contribution is -0.121. The van der Waals surface area contributed by atoms with Gasteiger partial charge in [0.05, 0.1) is 12.7 Å². The molecule has 0 spiro atoms. The maximum absolute atomic E-state index is 12.6. The number of carbonyl (C=O) groups excluding carboxylic acids is 1. The third-order valence-corrected chi connectivity index (χ3v) is 5.60. The average Bonchev–Trinajstić information content (AvgIpc) is 3.43. The van der Waals surface area contributed by atoms with Gasteiger partial charge in [-0.2, -0.15) is 0 Å². The largest absolute Gasteiger partial charge is 0.464 e. The van der Waals surface area contributed by atoms with Crippen molar-refractivity contribution < 1.29 is 9.21 Å². The Morgan fingerprint density at radius 3 is 2.46 bits per heavy atom. The van der Waals surface area contributed by atoms with Crippen molar-refractivity contribution in [3.05, 3.63) is 35.1 Å². The van der Waals surface area contributed by atoms with Crippen LogP contribution in [0, 0.1) is 18.8 Å². The summed E-state index contributed by atoms with van der Waals surface area (Å²) in [7, 11) is 0. The molecule has 1 amide bonds. The van der Waals surface area contributed by atoms with Gasteiger partial charge in [0.25, 0.3) is 0 Å². The lowest BCUT2D eigenvalue weighted by atomic mass is 9.95. The van der Waals surface area contributed by atoms with Gasteiger partial charge in [-0.15, -0.1) is 0 Å². The van der Waals surface area contributed by atoms with Gasteiger partial charge in [0.2, 0.25) is 5.91 Å². The summed E-state index contributed by atoms with van der Waals surface area (Å²) in [5.74, 6) is 2.09. The van der Waals surface area contributed by atoms with Gasteiger partial charge in [0.15, 0.2) is 0 Å². The van der Waals surface area contributed by atoms with Crippen LogP contribution in [0.3, 0.4) is 0 Å². The molecule has 0 bridgehead atoms. The van der Waals surface area contributed by atoms with Crippen LogP contribution in [-0.2, 0) is 11.2 Å². The lowest BCUT2D eigenvalue weighted by Crippen LogP contribution is -2.38. The monoisotopic (exact) mass is 325 g/mol. The van der Waals surface area contributed by atoms with Gasteiger partial charge in [-0.05, 0) is 73.6 Å². The average molecular weight is 325 g/mol. The van der Waals surface area contributed by atoms with Gasteiger partial charge in [-0.3, -0.25) is 4.79 Å². The summed E-state index contributed by atoms with van der Waals surface area (Å²) < 4.78 is 5.71. The predicted octanol–water partition coefficient (Wildman–Crippen LogP) is 4.71. The molecule has 2 aromatic rings. The maximum atomic E-state index is 12.6. The van der Waals surface area contributed by atoms with E-state index in [1.807, 2.05) is 0 Å². The van der Waals surface area contributed by atoms with E-state index in [-0.39, 0.29) is 5.91 Å². The second-order valence-corrected chi connectivity index (χ2v) is 8.07. The zero-order valence-corrected chi connectivity index (χ0v) is 14.9. The molecule has 128 valence electrons. The normalized spacial score (nSPS) is 17.9. The number of carbonyl (C=O) groups is 1. The molecule has 24 heavy (non-hydrogen) atoms. The number of rotatable bonds is 6. The van der Waals surface area contributed by atoms with Crippen molar-refractivity contribution in [1.29, 1.82) is 0 Å². The highest BCUT2D eigenvalue weighted by Gasteiger charge is 2.42. The SMILES string of the molecule is Cc1cc2occ(CC(=O)NC(C3CC3)C3CC3)c2cc1C(C)C. The van der Waals surface area contributed by atoms with E-state index in [0.29, 0.717) is 18.4 Å². The molecule has 2 fully saturated rings. The summed E-state index contributed by atoms with van der Waals surface area (Å²) in [4.78, 5) is 12.6. The summed E-state index contributed by atoms with van der Waals surface area (Å²) >= 11 is 0. The second kappa shape index (κ2) is 5.94. The topological polar surface area (TPSA) is 42.2 Å². The first kappa shape index (κ1) is 15.7. The van der Waals surface area contributed by atoms with E-state index >= 15 is 0 Å². The van der Waals surface area contributed by atoms with Crippen molar-refractivity contribution in [2.45, 2.75) is 64.8 Å². The van der Waals surface area contributed by atoms with Gasteiger partial charge < -0.3 is 9.73 Å². The molecular formula is C21H27NO2. The molecule has 0 unspecified atom stereocenters. The summed E-state index contributed by atoms with van der Waals surface area (Å²) in [5, 5.41) is 4.40. The molecule has 1 aromatic carbocycles. The van der Waals surface area contributed by atoms with Crippen LogP contribution in [0.1, 0.15) is 62.1 Å². The minimum atomic E-state index is 0.146. The molecular weight excluding hydrogens is 298 g/mol. The zero-order valence-electron chi connectivity index (χ0n) is 14.9. The van der Waals surface area contributed by atoms with Crippen LogP contribution in [-0.4, -0.2) is 11.9 Å². The molecule has 2 aliphatic carbocycles. The number of aryl methyl sites for hydroxylation is 1. The highest BCUT2D eigenvalue weighted by molar-refractivity contribution is 5.88. The summed E-state index contributed by atoms with van der Waals surface area (Å²) in [6, 6.07) is 4.73. The number of hydrogen-bond donors (Lipinski definition) is 1. The van der Waals surface area contributed by atoms with E-state index in [0.717, 1.165) is 28.4 Å². The van der Waals surface area contributed by atoms with E-state index in [9.17, 15) is 4.79 Å². The number of amides is 1. The Hall–Kier alpha value is -1.77. The highest BCUT2D eigenvalue weighted by atomic mass is 16.3. The van der Waals surface area contributed by atoms with Crippen LogP contribution >= 0.6 is 0 Å². The maximum Gasteiger partial charge on any atom is 0.224 e. The fraction of sp³-hybridized carbons (Fsp3) is 0.571. The molecule has 1 heterocycles. The molecule has 0 saturated heterocycles. The van der Waals surface area contributed by atoms with Gasteiger partial charge in [-0.1, -0.05) is 13.8 Å². The van der Waals surface area contributed by atoms with Crippen LogP contribution in [0.5, 0.6) is 0 Å². The Balaban J connectivity index is 1.53. The summed E-state index contributed by atoms with van der Waals surface area (Å²) in [5.41, 5.74) is 4.49.